The molecule has 2 aliphatic rings. The first kappa shape index (κ1) is 12.9. The van der Waals surface area contributed by atoms with Crippen molar-refractivity contribution >= 4 is 5.69 Å². The van der Waals surface area contributed by atoms with Crippen molar-refractivity contribution in [2.75, 3.05) is 31.6 Å². The first-order chi connectivity index (χ1) is 9.16. The van der Waals surface area contributed by atoms with Crippen LogP contribution < -0.4 is 10.6 Å². The number of likely N-dealkylation sites (tertiary alicyclic amines) is 1. The van der Waals surface area contributed by atoms with E-state index in [1.54, 1.807) is 0 Å². The lowest BCUT2D eigenvalue weighted by Gasteiger charge is -2.50. The van der Waals surface area contributed by atoms with Crippen molar-refractivity contribution in [3.63, 3.8) is 0 Å². The van der Waals surface area contributed by atoms with Crippen LogP contribution in [0.15, 0.2) is 24.3 Å². The van der Waals surface area contributed by atoms with Crippen molar-refractivity contribution in [3.05, 3.63) is 29.8 Å². The van der Waals surface area contributed by atoms with E-state index in [-0.39, 0.29) is 5.54 Å². The number of para-hydroxylation sites is 1. The van der Waals surface area contributed by atoms with Crippen molar-refractivity contribution in [1.82, 2.24) is 4.90 Å². The van der Waals surface area contributed by atoms with E-state index in [4.69, 9.17) is 5.73 Å². The van der Waals surface area contributed by atoms with E-state index in [2.05, 4.69) is 48.0 Å². The Morgan fingerprint density at radius 2 is 2.11 bits per heavy atom. The summed E-state index contributed by atoms with van der Waals surface area (Å²) in [4.78, 5) is 5.06. The Bertz CT molecular complexity index is 459. The van der Waals surface area contributed by atoms with Crippen molar-refractivity contribution < 1.29 is 0 Å². The first-order valence-corrected chi connectivity index (χ1v) is 7.42. The second kappa shape index (κ2) is 4.80. The molecule has 0 spiro atoms. The number of nitrogens with zero attached hydrogens (tertiary/aromatic N) is 2. The van der Waals surface area contributed by atoms with Gasteiger partial charge in [-0.15, -0.1) is 0 Å². The summed E-state index contributed by atoms with van der Waals surface area (Å²) in [5.41, 5.74) is 9.30. The smallest absolute Gasteiger partial charge is 0.0551 e. The number of benzene rings is 1. The third-order valence-electron chi connectivity index (χ3n) is 5.20. The number of anilines is 1. The van der Waals surface area contributed by atoms with Gasteiger partial charge in [0.05, 0.1) is 5.54 Å². The van der Waals surface area contributed by atoms with Gasteiger partial charge in [-0.05, 0) is 44.9 Å². The van der Waals surface area contributed by atoms with Gasteiger partial charge in [-0.1, -0.05) is 18.2 Å². The second-order valence-corrected chi connectivity index (χ2v) is 6.24. The second-order valence-electron chi connectivity index (χ2n) is 6.24. The minimum Gasteiger partial charge on any atom is -0.364 e. The van der Waals surface area contributed by atoms with E-state index >= 15 is 0 Å². The molecule has 1 saturated heterocycles. The maximum absolute atomic E-state index is 6.22. The van der Waals surface area contributed by atoms with Crippen LogP contribution in [0.5, 0.6) is 0 Å². The average molecular weight is 259 g/mol. The molecule has 0 amide bonds. The minimum atomic E-state index is 0.165. The Labute approximate surface area is 116 Å². The molecule has 0 radical (unpaired) electrons. The molecule has 0 aliphatic carbocycles. The molecule has 1 fully saturated rings. The molecule has 2 heterocycles. The summed E-state index contributed by atoms with van der Waals surface area (Å²) < 4.78 is 0. The fraction of sp³-hybridized carbons (Fsp3) is 0.625. The van der Waals surface area contributed by atoms with E-state index in [1.165, 1.54) is 30.5 Å². The summed E-state index contributed by atoms with van der Waals surface area (Å²) >= 11 is 0. The summed E-state index contributed by atoms with van der Waals surface area (Å²) in [6.07, 6.45) is 3.52. The molecule has 3 nitrogen and oxygen atoms in total. The lowest BCUT2D eigenvalue weighted by Crippen LogP contribution is -2.61. The lowest BCUT2D eigenvalue weighted by atomic mass is 9.82. The van der Waals surface area contributed by atoms with Gasteiger partial charge in [0, 0.05) is 31.4 Å². The third kappa shape index (κ3) is 2.05. The molecule has 3 rings (SSSR count). The fourth-order valence-electron chi connectivity index (χ4n) is 3.78. The first-order valence-electron chi connectivity index (χ1n) is 7.42. The van der Waals surface area contributed by atoms with Gasteiger partial charge in [0.1, 0.15) is 0 Å². The van der Waals surface area contributed by atoms with Crippen LogP contribution in [0, 0.1) is 0 Å². The van der Waals surface area contributed by atoms with Crippen LogP contribution in [-0.2, 0) is 6.42 Å². The quantitative estimate of drug-likeness (QED) is 0.880. The van der Waals surface area contributed by atoms with E-state index < -0.39 is 0 Å². The Morgan fingerprint density at radius 1 is 1.32 bits per heavy atom. The topological polar surface area (TPSA) is 32.5 Å². The zero-order valence-electron chi connectivity index (χ0n) is 12.1. The summed E-state index contributed by atoms with van der Waals surface area (Å²) in [7, 11) is 2.23. The van der Waals surface area contributed by atoms with Gasteiger partial charge in [0.25, 0.3) is 0 Å². The highest BCUT2D eigenvalue weighted by Gasteiger charge is 2.42. The molecule has 19 heavy (non-hydrogen) atoms. The van der Waals surface area contributed by atoms with Gasteiger partial charge in [-0.2, -0.15) is 0 Å². The SMILES string of the molecule is CC1CC(CN)(N2CCc3ccccc32)CCN1C. The maximum Gasteiger partial charge on any atom is 0.0551 e. The number of fused-ring (bicyclic) bond motifs is 1. The summed E-state index contributed by atoms with van der Waals surface area (Å²) in [6, 6.07) is 9.44. The molecular formula is C16H25N3. The van der Waals surface area contributed by atoms with Crippen molar-refractivity contribution in [3.8, 4) is 0 Å². The highest BCUT2D eigenvalue weighted by Crippen LogP contribution is 2.39. The highest BCUT2D eigenvalue weighted by atomic mass is 15.3. The molecule has 1 aromatic carbocycles. The Morgan fingerprint density at radius 3 is 2.84 bits per heavy atom. The summed E-state index contributed by atoms with van der Waals surface area (Å²) in [6.45, 7) is 5.37. The van der Waals surface area contributed by atoms with Crippen LogP contribution in [0.3, 0.4) is 0 Å². The number of hydrogen-bond donors (Lipinski definition) is 1. The van der Waals surface area contributed by atoms with Gasteiger partial charge < -0.3 is 15.5 Å². The van der Waals surface area contributed by atoms with Crippen LogP contribution in [-0.4, -0.2) is 43.2 Å². The predicted molar refractivity (Wildman–Crippen MR) is 80.6 cm³/mol. The van der Waals surface area contributed by atoms with Gasteiger partial charge >= 0.3 is 0 Å². The van der Waals surface area contributed by atoms with Gasteiger partial charge in [0.2, 0.25) is 0 Å². The molecule has 0 saturated carbocycles. The van der Waals surface area contributed by atoms with Crippen molar-refractivity contribution in [2.45, 2.75) is 37.8 Å². The number of piperidine rings is 1. The Kier molecular flexibility index (Phi) is 3.27. The van der Waals surface area contributed by atoms with Crippen LogP contribution in [0.25, 0.3) is 0 Å². The van der Waals surface area contributed by atoms with Crippen LogP contribution in [0.1, 0.15) is 25.3 Å². The number of hydrogen-bond acceptors (Lipinski definition) is 3. The zero-order valence-corrected chi connectivity index (χ0v) is 12.1. The zero-order chi connectivity index (χ0) is 13.5. The van der Waals surface area contributed by atoms with E-state index in [9.17, 15) is 0 Å². The number of rotatable bonds is 2. The molecule has 2 N–H and O–H groups in total. The fourth-order valence-corrected chi connectivity index (χ4v) is 3.78. The normalized spacial score (nSPS) is 31.5. The van der Waals surface area contributed by atoms with Gasteiger partial charge in [-0.3, -0.25) is 0 Å². The minimum absolute atomic E-state index is 0.165. The monoisotopic (exact) mass is 259 g/mol. The Hall–Kier alpha value is -1.06. The van der Waals surface area contributed by atoms with E-state index in [1.807, 2.05) is 0 Å². The van der Waals surface area contributed by atoms with Crippen LogP contribution in [0.4, 0.5) is 5.69 Å². The number of nitrogens with two attached hydrogens (primary N) is 1. The molecule has 2 atom stereocenters. The van der Waals surface area contributed by atoms with E-state index in [0.717, 1.165) is 19.6 Å². The molecular weight excluding hydrogens is 234 g/mol. The molecule has 1 aromatic rings. The van der Waals surface area contributed by atoms with Gasteiger partial charge in [-0.25, -0.2) is 0 Å². The molecule has 104 valence electrons. The van der Waals surface area contributed by atoms with Crippen molar-refractivity contribution in [1.29, 1.82) is 0 Å². The molecule has 0 aromatic heterocycles. The predicted octanol–water partition coefficient (Wildman–Crippen LogP) is 1.86. The average Bonchev–Trinajstić information content (AvgIpc) is 2.87. The van der Waals surface area contributed by atoms with Gasteiger partial charge in [0.15, 0.2) is 0 Å². The Balaban J connectivity index is 1.92. The molecule has 2 unspecified atom stereocenters. The maximum atomic E-state index is 6.22. The van der Waals surface area contributed by atoms with Crippen LogP contribution in [0.2, 0.25) is 0 Å². The molecule has 3 heteroatoms. The standard InChI is InChI=1S/C16H25N3/c1-13-11-16(12-17,8-10-18(13)2)19-9-7-14-5-3-4-6-15(14)19/h3-6,13H,7-12,17H2,1-2H3. The highest BCUT2D eigenvalue weighted by molar-refractivity contribution is 5.60. The molecule has 2 aliphatic heterocycles. The van der Waals surface area contributed by atoms with Crippen molar-refractivity contribution in [2.24, 2.45) is 5.73 Å². The third-order valence-corrected chi connectivity index (χ3v) is 5.20. The van der Waals surface area contributed by atoms with Crippen LogP contribution >= 0.6 is 0 Å². The van der Waals surface area contributed by atoms with E-state index in [0.29, 0.717) is 6.04 Å². The summed E-state index contributed by atoms with van der Waals surface area (Å²) in [5.74, 6) is 0. The lowest BCUT2D eigenvalue weighted by molar-refractivity contribution is 0.130. The largest absolute Gasteiger partial charge is 0.364 e. The summed E-state index contributed by atoms with van der Waals surface area (Å²) in [5, 5.41) is 0. The molecule has 0 bridgehead atoms.